The summed E-state index contributed by atoms with van der Waals surface area (Å²) in [5.74, 6) is 0.940. The van der Waals surface area contributed by atoms with E-state index in [1.165, 1.54) is 11.1 Å². The molecule has 1 aromatic rings. The minimum Gasteiger partial charge on any atom is -0.491 e. The van der Waals surface area contributed by atoms with Crippen molar-refractivity contribution in [2.45, 2.75) is 13.5 Å². The molecule has 0 aliphatic heterocycles. The highest BCUT2D eigenvalue weighted by Crippen LogP contribution is 2.22. The van der Waals surface area contributed by atoms with Gasteiger partial charge in [0.2, 0.25) is 0 Å². The second kappa shape index (κ2) is 8.91. The lowest BCUT2D eigenvalue weighted by Crippen LogP contribution is -2.13. The number of hydrogen-bond acceptors (Lipinski definition) is 4. The second-order valence-corrected chi connectivity index (χ2v) is 4.73. The zero-order valence-corrected chi connectivity index (χ0v) is 12.4. The largest absolute Gasteiger partial charge is 0.491 e. The van der Waals surface area contributed by atoms with Crippen LogP contribution < -0.4 is 4.74 Å². The molecule has 0 aliphatic rings. The van der Waals surface area contributed by atoms with Gasteiger partial charge in [-0.1, -0.05) is 12.1 Å². The molecule has 4 heteroatoms. The summed E-state index contributed by atoms with van der Waals surface area (Å²) < 4.78 is 16.0. The Morgan fingerprint density at radius 1 is 1.05 bits per heavy atom. The smallest absolute Gasteiger partial charge is 0.122 e. The Labute approximate surface area is 116 Å². The Kier molecular flexibility index (Phi) is 7.48. The Morgan fingerprint density at radius 3 is 2.47 bits per heavy atom. The molecule has 0 N–H and O–H groups in total. The molecule has 4 nitrogen and oxygen atoms in total. The summed E-state index contributed by atoms with van der Waals surface area (Å²) in [7, 11) is 5.80. The third kappa shape index (κ3) is 6.05. The molecule has 0 fully saturated rings. The molecule has 19 heavy (non-hydrogen) atoms. The van der Waals surface area contributed by atoms with Crippen molar-refractivity contribution in [3.05, 3.63) is 29.3 Å². The van der Waals surface area contributed by atoms with Gasteiger partial charge in [0.15, 0.2) is 0 Å². The Balaban J connectivity index is 2.41. The summed E-state index contributed by atoms with van der Waals surface area (Å²) in [6.07, 6.45) is 0. The van der Waals surface area contributed by atoms with Crippen molar-refractivity contribution in [2.24, 2.45) is 0 Å². The predicted molar refractivity (Wildman–Crippen MR) is 76.8 cm³/mol. The fourth-order valence-electron chi connectivity index (χ4n) is 1.78. The summed E-state index contributed by atoms with van der Waals surface area (Å²) in [4.78, 5) is 2.15. The number of rotatable bonds is 9. The van der Waals surface area contributed by atoms with Crippen LogP contribution in [0.5, 0.6) is 5.75 Å². The lowest BCUT2D eigenvalue weighted by atomic mass is 10.1. The van der Waals surface area contributed by atoms with Gasteiger partial charge in [0.25, 0.3) is 0 Å². The van der Waals surface area contributed by atoms with Crippen LogP contribution in [0.3, 0.4) is 0 Å². The van der Waals surface area contributed by atoms with Crippen LogP contribution >= 0.6 is 0 Å². The monoisotopic (exact) mass is 267 g/mol. The highest BCUT2D eigenvalue weighted by Gasteiger charge is 2.05. The van der Waals surface area contributed by atoms with E-state index in [2.05, 4.69) is 32.0 Å². The second-order valence-electron chi connectivity index (χ2n) is 4.73. The number of nitrogens with zero attached hydrogens (tertiary/aromatic N) is 1. The average Bonchev–Trinajstić information content (AvgIpc) is 2.37. The minimum absolute atomic E-state index is 0.565. The summed E-state index contributed by atoms with van der Waals surface area (Å²) in [5, 5.41) is 0. The van der Waals surface area contributed by atoms with E-state index in [4.69, 9.17) is 14.2 Å². The normalized spacial score (nSPS) is 11.0. The predicted octanol–water partition coefficient (Wildman–Crippen LogP) is 2.10. The first-order chi connectivity index (χ1) is 9.15. The summed E-state index contributed by atoms with van der Waals surface area (Å²) in [6.45, 7) is 5.40. The lowest BCUT2D eigenvalue weighted by molar-refractivity contribution is 0.0543. The molecule has 0 spiro atoms. The lowest BCUT2D eigenvalue weighted by Gasteiger charge is -2.15. The molecule has 108 valence electrons. The highest BCUT2D eigenvalue weighted by atomic mass is 16.5. The van der Waals surface area contributed by atoms with Crippen molar-refractivity contribution >= 4 is 0 Å². The Hall–Kier alpha value is -1.10. The molecule has 0 aromatic heterocycles. The zero-order valence-electron chi connectivity index (χ0n) is 12.4. The Morgan fingerprint density at radius 2 is 1.79 bits per heavy atom. The molecule has 0 unspecified atom stereocenters. The number of ether oxygens (including phenoxy) is 3. The molecular weight excluding hydrogens is 242 g/mol. The van der Waals surface area contributed by atoms with Crippen LogP contribution in [-0.2, 0) is 16.0 Å². The molecule has 0 heterocycles. The van der Waals surface area contributed by atoms with E-state index in [1.54, 1.807) is 7.11 Å². The SMILES string of the molecule is COCCOCCOc1cccc(CN(C)C)c1C. The minimum atomic E-state index is 0.565. The van der Waals surface area contributed by atoms with Gasteiger partial charge in [-0.3, -0.25) is 0 Å². The van der Waals surface area contributed by atoms with E-state index >= 15 is 0 Å². The van der Waals surface area contributed by atoms with Crippen LogP contribution in [0.25, 0.3) is 0 Å². The molecule has 0 aliphatic carbocycles. The van der Waals surface area contributed by atoms with E-state index < -0.39 is 0 Å². The maximum atomic E-state index is 5.75. The van der Waals surface area contributed by atoms with E-state index in [9.17, 15) is 0 Å². The van der Waals surface area contributed by atoms with Crippen LogP contribution in [0.15, 0.2) is 18.2 Å². The van der Waals surface area contributed by atoms with Gasteiger partial charge >= 0.3 is 0 Å². The molecule has 0 radical (unpaired) electrons. The van der Waals surface area contributed by atoms with Gasteiger partial charge in [-0.05, 0) is 38.2 Å². The van der Waals surface area contributed by atoms with Gasteiger partial charge in [0, 0.05) is 13.7 Å². The van der Waals surface area contributed by atoms with Crippen molar-refractivity contribution in [1.29, 1.82) is 0 Å². The number of methoxy groups -OCH3 is 1. The highest BCUT2D eigenvalue weighted by molar-refractivity contribution is 5.39. The Bertz CT molecular complexity index is 366. The molecule has 0 saturated heterocycles. The number of benzene rings is 1. The molecular formula is C15H25NO3. The first kappa shape index (κ1) is 16.0. The molecule has 0 bridgehead atoms. The topological polar surface area (TPSA) is 30.9 Å². The van der Waals surface area contributed by atoms with Crippen LogP contribution in [-0.4, -0.2) is 52.5 Å². The molecule has 1 aromatic carbocycles. The first-order valence-electron chi connectivity index (χ1n) is 6.58. The fourth-order valence-corrected chi connectivity index (χ4v) is 1.78. The molecule has 0 saturated carbocycles. The molecule has 1 rings (SSSR count). The van der Waals surface area contributed by atoms with E-state index in [1.807, 2.05) is 12.1 Å². The third-order valence-electron chi connectivity index (χ3n) is 2.80. The fraction of sp³-hybridized carbons (Fsp3) is 0.600. The zero-order chi connectivity index (χ0) is 14.1. The average molecular weight is 267 g/mol. The quantitative estimate of drug-likeness (QED) is 0.641. The standard InChI is InChI=1S/C15H25NO3/c1-13-14(12-16(2)3)6-5-7-15(13)19-11-10-18-9-8-17-4/h5-7H,8-12H2,1-4H3. The van der Waals surface area contributed by atoms with Gasteiger partial charge in [0.1, 0.15) is 12.4 Å². The van der Waals surface area contributed by atoms with Gasteiger partial charge in [0.05, 0.1) is 19.8 Å². The molecule has 0 amide bonds. The first-order valence-corrected chi connectivity index (χ1v) is 6.58. The van der Waals surface area contributed by atoms with Crippen molar-refractivity contribution in [2.75, 3.05) is 47.6 Å². The van der Waals surface area contributed by atoms with Crippen LogP contribution in [0.2, 0.25) is 0 Å². The van der Waals surface area contributed by atoms with Gasteiger partial charge < -0.3 is 19.1 Å². The number of hydrogen-bond donors (Lipinski definition) is 0. The van der Waals surface area contributed by atoms with Crippen molar-refractivity contribution < 1.29 is 14.2 Å². The maximum Gasteiger partial charge on any atom is 0.122 e. The summed E-state index contributed by atoms with van der Waals surface area (Å²) >= 11 is 0. The summed E-state index contributed by atoms with van der Waals surface area (Å²) in [5.41, 5.74) is 2.50. The maximum absolute atomic E-state index is 5.75. The van der Waals surface area contributed by atoms with Crippen molar-refractivity contribution in [3.8, 4) is 5.75 Å². The van der Waals surface area contributed by atoms with Gasteiger partial charge in [-0.25, -0.2) is 0 Å². The van der Waals surface area contributed by atoms with E-state index in [0.717, 1.165) is 12.3 Å². The van der Waals surface area contributed by atoms with Crippen molar-refractivity contribution in [3.63, 3.8) is 0 Å². The van der Waals surface area contributed by atoms with Gasteiger partial charge in [-0.2, -0.15) is 0 Å². The summed E-state index contributed by atoms with van der Waals surface area (Å²) in [6, 6.07) is 6.17. The van der Waals surface area contributed by atoms with Crippen LogP contribution in [0.1, 0.15) is 11.1 Å². The van der Waals surface area contributed by atoms with Crippen LogP contribution in [0.4, 0.5) is 0 Å². The van der Waals surface area contributed by atoms with Crippen LogP contribution in [0, 0.1) is 6.92 Å². The van der Waals surface area contributed by atoms with E-state index in [0.29, 0.717) is 26.4 Å². The molecule has 0 atom stereocenters. The third-order valence-corrected chi connectivity index (χ3v) is 2.80. The van der Waals surface area contributed by atoms with Gasteiger partial charge in [-0.15, -0.1) is 0 Å². The van der Waals surface area contributed by atoms with E-state index in [-0.39, 0.29) is 0 Å². The van der Waals surface area contributed by atoms with Crippen molar-refractivity contribution in [1.82, 2.24) is 4.90 Å².